The van der Waals surface area contributed by atoms with Crippen molar-refractivity contribution in [3.05, 3.63) is 17.0 Å². The molecular formula is C14H17NO8S. The number of rotatable bonds is 6. The van der Waals surface area contributed by atoms with Crippen LogP contribution < -0.4 is 4.74 Å². The standard InChI is InChI=1S/C14H17NO8S/c1-7-12(23-8(2)17)13(24(20,21)6-22-14(18)19)10(5-16)11(15-7)9-3-4-9/h9,16H,3-6H2,1-2H3,(H,18,19). The molecule has 1 heterocycles. The van der Waals surface area contributed by atoms with Crippen molar-refractivity contribution in [3.8, 4) is 5.75 Å². The van der Waals surface area contributed by atoms with Gasteiger partial charge in [0, 0.05) is 18.4 Å². The summed E-state index contributed by atoms with van der Waals surface area (Å²) in [5.74, 6) is -2.22. The van der Waals surface area contributed by atoms with E-state index >= 15 is 0 Å². The number of aromatic nitrogens is 1. The molecule has 2 N–H and O–H groups in total. The molecule has 1 aromatic heterocycles. The minimum absolute atomic E-state index is 0.00772. The minimum Gasteiger partial charge on any atom is -0.450 e. The number of carbonyl (C=O) groups is 2. The Morgan fingerprint density at radius 1 is 1.33 bits per heavy atom. The maximum Gasteiger partial charge on any atom is 0.506 e. The summed E-state index contributed by atoms with van der Waals surface area (Å²) in [7, 11) is -4.31. The third kappa shape index (κ3) is 3.82. The van der Waals surface area contributed by atoms with E-state index in [1.807, 2.05) is 0 Å². The van der Waals surface area contributed by atoms with Crippen LogP contribution in [0.1, 0.15) is 42.6 Å². The molecule has 10 heteroatoms. The number of carboxylic acid groups (broad SMARTS) is 1. The molecular weight excluding hydrogens is 342 g/mol. The molecule has 0 atom stereocenters. The smallest absolute Gasteiger partial charge is 0.450 e. The largest absolute Gasteiger partial charge is 0.506 e. The number of nitrogens with zero attached hydrogens (tertiary/aromatic N) is 1. The molecule has 1 saturated carbocycles. The fourth-order valence-electron chi connectivity index (χ4n) is 2.34. The lowest BCUT2D eigenvalue weighted by Gasteiger charge is -2.18. The van der Waals surface area contributed by atoms with E-state index < -0.39 is 39.4 Å². The summed E-state index contributed by atoms with van der Waals surface area (Å²) in [6.07, 6.45) is -0.152. The number of pyridine rings is 1. The lowest BCUT2D eigenvalue weighted by molar-refractivity contribution is -0.132. The van der Waals surface area contributed by atoms with E-state index in [1.165, 1.54) is 6.92 Å². The minimum atomic E-state index is -4.31. The molecule has 0 radical (unpaired) electrons. The SMILES string of the molecule is CC(=O)Oc1c(C)nc(C2CC2)c(CO)c1S(=O)(=O)COC(=O)O. The highest BCUT2D eigenvalue weighted by Crippen LogP contribution is 2.44. The fourth-order valence-corrected chi connectivity index (χ4v) is 3.73. The molecule has 2 rings (SSSR count). The number of hydrogen-bond donors (Lipinski definition) is 2. The van der Waals surface area contributed by atoms with Gasteiger partial charge in [-0.15, -0.1) is 0 Å². The molecule has 0 bridgehead atoms. The van der Waals surface area contributed by atoms with Gasteiger partial charge in [-0.2, -0.15) is 0 Å². The van der Waals surface area contributed by atoms with Crippen LogP contribution in [0, 0.1) is 6.92 Å². The van der Waals surface area contributed by atoms with Gasteiger partial charge in [0.05, 0.1) is 18.0 Å². The first-order valence-electron chi connectivity index (χ1n) is 7.08. The van der Waals surface area contributed by atoms with Gasteiger partial charge in [-0.1, -0.05) is 0 Å². The highest BCUT2D eigenvalue weighted by Gasteiger charge is 2.35. The quantitative estimate of drug-likeness (QED) is 0.714. The van der Waals surface area contributed by atoms with Crippen molar-refractivity contribution in [2.75, 3.05) is 5.94 Å². The Morgan fingerprint density at radius 3 is 2.42 bits per heavy atom. The van der Waals surface area contributed by atoms with Crippen LogP contribution >= 0.6 is 0 Å². The number of aliphatic hydroxyl groups is 1. The molecule has 9 nitrogen and oxygen atoms in total. The van der Waals surface area contributed by atoms with Gasteiger partial charge in [0.25, 0.3) is 0 Å². The van der Waals surface area contributed by atoms with Gasteiger partial charge < -0.3 is 19.7 Å². The summed E-state index contributed by atoms with van der Waals surface area (Å²) in [6, 6.07) is 0. The Bertz CT molecular complexity index is 782. The van der Waals surface area contributed by atoms with Crippen LogP contribution in [0.3, 0.4) is 0 Å². The highest BCUT2D eigenvalue weighted by molar-refractivity contribution is 7.91. The predicted molar refractivity (Wildman–Crippen MR) is 79.3 cm³/mol. The van der Waals surface area contributed by atoms with E-state index in [0.717, 1.165) is 19.8 Å². The third-order valence-electron chi connectivity index (χ3n) is 3.42. The molecule has 0 amide bonds. The summed E-state index contributed by atoms with van der Waals surface area (Å²) in [5, 5.41) is 18.2. The van der Waals surface area contributed by atoms with Crippen molar-refractivity contribution < 1.29 is 37.7 Å². The van der Waals surface area contributed by atoms with Gasteiger partial charge in [0.2, 0.25) is 15.8 Å². The zero-order valence-corrected chi connectivity index (χ0v) is 13.9. The number of ether oxygens (including phenoxy) is 2. The Labute approximate surface area is 138 Å². The molecule has 0 unspecified atom stereocenters. The lowest BCUT2D eigenvalue weighted by atomic mass is 10.1. The fraction of sp³-hybridized carbons (Fsp3) is 0.500. The van der Waals surface area contributed by atoms with Crippen LogP contribution in [-0.4, -0.2) is 41.7 Å². The zero-order valence-electron chi connectivity index (χ0n) is 13.1. The average molecular weight is 359 g/mol. The topological polar surface area (TPSA) is 140 Å². The maximum atomic E-state index is 12.5. The van der Waals surface area contributed by atoms with Crippen molar-refractivity contribution in [3.63, 3.8) is 0 Å². The van der Waals surface area contributed by atoms with Crippen LogP contribution in [0.4, 0.5) is 4.79 Å². The van der Waals surface area contributed by atoms with Crippen molar-refractivity contribution in [1.82, 2.24) is 4.98 Å². The first-order valence-corrected chi connectivity index (χ1v) is 8.73. The maximum absolute atomic E-state index is 12.5. The number of carbonyl (C=O) groups excluding carboxylic acids is 1. The summed E-state index contributed by atoms with van der Waals surface area (Å²) in [6.45, 7) is 1.93. The number of esters is 1. The zero-order chi connectivity index (χ0) is 18.1. The first-order chi connectivity index (χ1) is 11.2. The van der Waals surface area contributed by atoms with Crippen LogP contribution in [0.2, 0.25) is 0 Å². The van der Waals surface area contributed by atoms with Crippen molar-refractivity contribution >= 4 is 22.0 Å². The van der Waals surface area contributed by atoms with Crippen molar-refractivity contribution in [2.45, 2.75) is 44.1 Å². The molecule has 1 aliphatic carbocycles. The monoisotopic (exact) mass is 359 g/mol. The summed E-state index contributed by atoms with van der Waals surface area (Å²) >= 11 is 0. The second kappa shape index (κ2) is 6.73. The lowest BCUT2D eigenvalue weighted by Crippen LogP contribution is -2.20. The van der Waals surface area contributed by atoms with Gasteiger partial charge in [-0.05, 0) is 19.8 Å². The molecule has 0 aromatic carbocycles. The molecule has 132 valence electrons. The predicted octanol–water partition coefficient (Wildman–Crippen LogP) is 1.11. The van der Waals surface area contributed by atoms with Crippen LogP contribution in [0.5, 0.6) is 5.75 Å². The Balaban J connectivity index is 2.67. The normalized spacial score (nSPS) is 14.3. The molecule has 1 fully saturated rings. The third-order valence-corrected chi connectivity index (χ3v) is 4.90. The van der Waals surface area contributed by atoms with E-state index in [2.05, 4.69) is 9.72 Å². The number of aliphatic hydroxyl groups excluding tert-OH is 1. The van der Waals surface area contributed by atoms with Gasteiger partial charge in [0.15, 0.2) is 5.75 Å². The van der Waals surface area contributed by atoms with Crippen molar-refractivity contribution in [1.29, 1.82) is 0 Å². The van der Waals surface area contributed by atoms with E-state index in [0.29, 0.717) is 5.69 Å². The number of hydrogen-bond acceptors (Lipinski definition) is 8. The summed E-state index contributed by atoms with van der Waals surface area (Å²) < 4.78 is 34.2. The molecule has 0 saturated heterocycles. The highest BCUT2D eigenvalue weighted by atomic mass is 32.2. The molecule has 24 heavy (non-hydrogen) atoms. The van der Waals surface area contributed by atoms with Crippen molar-refractivity contribution in [2.24, 2.45) is 0 Å². The Hall–Kier alpha value is -2.20. The van der Waals surface area contributed by atoms with Gasteiger partial charge in [0.1, 0.15) is 4.90 Å². The number of aryl methyl sites for hydroxylation is 1. The Morgan fingerprint density at radius 2 is 1.96 bits per heavy atom. The molecule has 0 aliphatic heterocycles. The Kier molecular flexibility index (Phi) is 5.09. The average Bonchev–Trinajstić information content (AvgIpc) is 3.30. The van der Waals surface area contributed by atoms with Crippen LogP contribution in [0.25, 0.3) is 0 Å². The first kappa shape index (κ1) is 18.1. The molecule has 1 aliphatic rings. The summed E-state index contributed by atoms with van der Waals surface area (Å²) in [5.41, 5.74) is 0.589. The van der Waals surface area contributed by atoms with Gasteiger partial charge in [-0.25, -0.2) is 13.2 Å². The summed E-state index contributed by atoms with van der Waals surface area (Å²) in [4.78, 5) is 25.6. The van der Waals surface area contributed by atoms with Crippen LogP contribution in [-0.2, 0) is 26.0 Å². The number of sulfone groups is 1. The van der Waals surface area contributed by atoms with Gasteiger partial charge in [-0.3, -0.25) is 9.78 Å². The van der Waals surface area contributed by atoms with E-state index in [-0.39, 0.29) is 22.9 Å². The molecule has 0 spiro atoms. The van der Waals surface area contributed by atoms with E-state index in [4.69, 9.17) is 9.84 Å². The van der Waals surface area contributed by atoms with Gasteiger partial charge >= 0.3 is 12.1 Å². The molecule has 1 aromatic rings. The van der Waals surface area contributed by atoms with E-state index in [1.54, 1.807) is 0 Å². The second-order valence-corrected chi connectivity index (χ2v) is 7.26. The van der Waals surface area contributed by atoms with E-state index in [9.17, 15) is 23.1 Å². The second-order valence-electron chi connectivity index (χ2n) is 5.39. The van der Waals surface area contributed by atoms with Crippen LogP contribution in [0.15, 0.2) is 4.90 Å².